The van der Waals surface area contributed by atoms with Gasteiger partial charge in [-0.1, -0.05) is 18.2 Å². The predicted octanol–water partition coefficient (Wildman–Crippen LogP) is 0.258. The van der Waals surface area contributed by atoms with Crippen LogP contribution < -0.4 is 0 Å². The van der Waals surface area contributed by atoms with Crippen molar-refractivity contribution in [3.05, 3.63) is 35.9 Å². The number of aliphatic hydroxyl groups is 3. The van der Waals surface area contributed by atoms with Crippen molar-refractivity contribution in [1.82, 2.24) is 4.90 Å². The van der Waals surface area contributed by atoms with Crippen LogP contribution >= 0.6 is 0 Å². The van der Waals surface area contributed by atoms with Gasteiger partial charge in [0.15, 0.2) is 5.60 Å². The number of hydrogen-bond acceptors (Lipinski definition) is 12. The second-order valence-electron chi connectivity index (χ2n) is 14.3. The quantitative estimate of drug-likeness (QED) is 0.337. The molecule has 0 amide bonds. The molecule has 7 rings (SSSR count). The van der Waals surface area contributed by atoms with Gasteiger partial charge >= 0.3 is 11.9 Å². The lowest BCUT2D eigenvalue weighted by Crippen LogP contribution is -2.81. The van der Waals surface area contributed by atoms with Crippen molar-refractivity contribution in [3.63, 3.8) is 0 Å². The highest BCUT2D eigenvalue weighted by Gasteiger charge is 2.92. The third-order valence-corrected chi connectivity index (χ3v) is 12.9. The smallest absolute Gasteiger partial charge is 0.338 e. The Balaban J connectivity index is 1.52. The molecule has 1 heterocycles. The van der Waals surface area contributed by atoms with Crippen LogP contribution in [0.5, 0.6) is 0 Å². The van der Waals surface area contributed by atoms with Gasteiger partial charge in [-0.25, -0.2) is 4.79 Å². The Bertz CT molecular complexity index is 1350. The van der Waals surface area contributed by atoms with Gasteiger partial charge in [0.25, 0.3) is 0 Å². The van der Waals surface area contributed by atoms with E-state index in [1.165, 1.54) is 14.0 Å². The van der Waals surface area contributed by atoms with Crippen molar-refractivity contribution in [3.8, 4) is 0 Å². The molecule has 45 heavy (non-hydrogen) atoms. The molecule has 1 saturated heterocycles. The number of hydrogen-bond donors (Lipinski definition) is 3. The Labute approximate surface area is 262 Å². The summed E-state index contributed by atoms with van der Waals surface area (Å²) in [6.07, 6.45) is -5.50. The monoisotopic (exact) mass is 631 g/mol. The number of methoxy groups -OCH3 is 4. The molecule has 5 saturated carbocycles. The number of fused-ring (bicyclic) bond motifs is 2. The zero-order chi connectivity index (χ0) is 32.3. The molecule has 6 aliphatic rings. The van der Waals surface area contributed by atoms with Crippen LogP contribution in [-0.4, -0.2) is 135 Å². The van der Waals surface area contributed by atoms with E-state index < -0.39 is 88.3 Å². The molecule has 5 aliphatic carbocycles. The van der Waals surface area contributed by atoms with Gasteiger partial charge in [-0.15, -0.1) is 0 Å². The van der Waals surface area contributed by atoms with Crippen molar-refractivity contribution >= 4 is 11.9 Å². The topological polar surface area (TPSA) is 153 Å². The number of ether oxygens (including phenoxy) is 6. The largest absolute Gasteiger partial charge is 0.455 e. The van der Waals surface area contributed by atoms with E-state index in [9.17, 15) is 24.9 Å². The van der Waals surface area contributed by atoms with Gasteiger partial charge in [-0.2, -0.15) is 0 Å². The van der Waals surface area contributed by atoms with Crippen molar-refractivity contribution < 1.29 is 53.3 Å². The zero-order valence-corrected chi connectivity index (χ0v) is 26.6. The summed E-state index contributed by atoms with van der Waals surface area (Å²) in [4.78, 5) is 29.1. The maximum Gasteiger partial charge on any atom is 0.338 e. The summed E-state index contributed by atoms with van der Waals surface area (Å²) in [7, 11) is 8.20. The standard InChI is InChI=1S/C33H45NO11/c1-16(35)45-33-21-18(13-31(39,28(43-6)26(33)37)27(21)44-29(38)17-10-8-7-9-11-17)32-20(41-4)12-19(36)30(15-40-3)14-34(2)25(32)22(33)23(42-5)24(30)32/h7-11,18-28,36-37,39H,12-15H2,1-6H3/t18-,19-,20+,21-,22+,23+,24-,25-,26+,27-,28+,30+,31-,32+,33-/m0/s1. The Hall–Kier alpha value is -2.16. The normalized spacial score (nSPS) is 50.7. The molecule has 0 radical (unpaired) electrons. The molecule has 248 valence electrons. The van der Waals surface area contributed by atoms with Crippen LogP contribution in [-0.2, 0) is 33.2 Å². The van der Waals surface area contributed by atoms with E-state index in [4.69, 9.17) is 28.4 Å². The maximum atomic E-state index is 13.7. The van der Waals surface area contributed by atoms with Crippen molar-refractivity contribution in [2.24, 2.45) is 34.5 Å². The number of carbonyl (C=O) groups excluding carboxylic acids is 2. The first-order valence-corrected chi connectivity index (χ1v) is 15.8. The SMILES string of the molecule is COC[C@@]12CN(C)[C@H]3[C@H]4[C@@H](OC)[C@@H]1[C@]3([C@H](OC)C[C@@H]2O)[C@H]1C[C@@]2(O)[C@H](OC)[C@@H](O)[C@]4(OC(C)=O)[C@@H]1[C@@H]2OC(=O)c1ccccc1. The van der Waals surface area contributed by atoms with Crippen molar-refractivity contribution in [1.29, 1.82) is 0 Å². The van der Waals surface area contributed by atoms with Crippen LogP contribution in [0.4, 0.5) is 0 Å². The average Bonchev–Trinajstić information content (AvgIpc) is 3.40. The van der Waals surface area contributed by atoms with Gasteiger partial charge < -0.3 is 48.6 Å². The molecule has 12 nitrogen and oxygen atoms in total. The third-order valence-electron chi connectivity index (χ3n) is 12.9. The number of esters is 2. The minimum atomic E-state index is -1.83. The Morgan fingerprint density at radius 1 is 1.00 bits per heavy atom. The summed E-state index contributed by atoms with van der Waals surface area (Å²) < 4.78 is 37.2. The molecule has 6 fully saturated rings. The van der Waals surface area contributed by atoms with Gasteiger partial charge in [0.05, 0.1) is 30.5 Å². The Morgan fingerprint density at radius 2 is 1.71 bits per heavy atom. The number of carbonyl (C=O) groups is 2. The molecular weight excluding hydrogens is 586 g/mol. The van der Waals surface area contributed by atoms with Crippen LogP contribution in [0.25, 0.3) is 0 Å². The summed E-state index contributed by atoms with van der Waals surface area (Å²) in [5.41, 5.74) is -4.79. The van der Waals surface area contributed by atoms with Crippen LogP contribution in [0.2, 0.25) is 0 Å². The lowest BCUT2D eigenvalue weighted by molar-refractivity contribution is -0.321. The first-order chi connectivity index (χ1) is 21.4. The first kappa shape index (κ1) is 31.4. The Morgan fingerprint density at radius 3 is 2.31 bits per heavy atom. The highest BCUT2D eigenvalue weighted by Crippen LogP contribution is 2.80. The van der Waals surface area contributed by atoms with Crippen LogP contribution in [0, 0.1) is 34.5 Å². The third kappa shape index (κ3) is 3.55. The van der Waals surface area contributed by atoms with Crippen molar-refractivity contribution in [2.75, 3.05) is 48.6 Å². The van der Waals surface area contributed by atoms with Crippen molar-refractivity contribution in [2.45, 2.75) is 73.6 Å². The van der Waals surface area contributed by atoms with Gasteiger partial charge in [-0.05, 0) is 31.5 Å². The number of benzene rings is 1. The fraction of sp³-hybridized carbons (Fsp3) is 0.758. The Kier molecular flexibility index (Phi) is 7.28. The number of nitrogens with zero attached hydrogens (tertiary/aromatic N) is 1. The number of rotatable bonds is 8. The summed E-state index contributed by atoms with van der Waals surface area (Å²) in [6.45, 7) is 2.00. The average molecular weight is 632 g/mol. The van der Waals surface area contributed by atoms with E-state index in [1.807, 2.05) is 7.05 Å². The molecule has 3 N–H and O–H groups in total. The molecule has 1 spiro atoms. The number of aliphatic hydroxyl groups excluding tert-OH is 2. The van der Waals surface area contributed by atoms with Crippen LogP contribution in [0.3, 0.4) is 0 Å². The zero-order valence-electron chi connectivity index (χ0n) is 26.6. The molecule has 7 bridgehead atoms. The van der Waals surface area contributed by atoms with E-state index in [-0.39, 0.29) is 25.0 Å². The fourth-order valence-electron chi connectivity index (χ4n) is 12.2. The molecule has 0 aromatic heterocycles. The summed E-state index contributed by atoms with van der Waals surface area (Å²) >= 11 is 0. The number of likely N-dealkylation sites (tertiary alicyclic amines) is 1. The molecule has 12 heteroatoms. The molecule has 1 aliphatic heterocycles. The molecule has 1 aromatic rings. The second-order valence-corrected chi connectivity index (χ2v) is 14.3. The van der Waals surface area contributed by atoms with E-state index >= 15 is 0 Å². The molecular formula is C33H45NO11. The van der Waals surface area contributed by atoms with E-state index in [1.54, 1.807) is 51.7 Å². The highest BCUT2D eigenvalue weighted by molar-refractivity contribution is 5.89. The molecule has 0 unspecified atom stereocenters. The van der Waals surface area contributed by atoms with Gasteiger partial charge in [0.1, 0.15) is 23.9 Å². The van der Waals surface area contributed by atoms with Crippen LogP contribution in [0.15, 0.2) is 30.3 Å². The van der Waals surface area contributed by atoms with Gasteiger partial charge in [0.2, 0.25) is 0 Å². The first-order valence-electron chi connectivity index (χ1n) is 15.8. The maximum absolute atomic E-state index is 13.7. The lowest BCUT2D eigenvalue weighted by Gasteiger charge is -2.70. The van der Waals surface area contributed by atoms with E-state index in [0.29, 0.717) is 18.5 Å². The summed E-state index contributed by atoms with van der Waals surface area (Å²) in [5, 5.41) is 37.0. The predicted molar refractivity (Wildman–Crippen MR) is 156 cm³/mol. The van der Waals surface area contributed by atoms with Gasteiger partial charge in [-0.3, -0.25) is 4.79 Å². The lowest BCUT2D eigenvalue weighted by atomic mass is 9.42. The van der Waals surface area contributed by atoms with Gasteiger partial charge in [0, 0.05) is 83.0 Å². The van der Waals surface area contributed by atoms with Crippen LogP contribution in [0.1, 0.15) is 30.1 Å². The van der Waals surface area contributed by atoms with E-state index in [0.717, 1.165) is 0 Å². The molecule has 1 aromatic carbocycles. The summed E-state index contributed by atoms with van der Waals surface area (Å²) in [6, 6.07) is 8.15. The van der Waals surface area contributed by atoms with E-state index in [2.05, 4.69) is 4.90 Å². The molecule has 15 atom stereocenters. The number of piperidine rings is 1. The highest BCUT2D eigenvalue weighted by atomic mass is 16.6. The second kappa shape index (κ2) is 10.4. The minimum Gasteiger partial charge on any atom is -0.455 e. The fourth-order valence-corrected chi connectivity index (χ4v) is 12.2. The minimum absolute atomic E-state index is 0.0754. The summed E-state index contributed by atoms with van der Waals surface area (Å²) in [5.74, 6) is -3.66.